The van der Waals surface area contributed by atoms with E-state index in [9.17, 15) is 4.79 Å². The highest BCUT2D eigenvalue weighted by Crippen LogP contribution is 2.24. The summed E-state index contributed by atoms with van der Waals surface area (Å²) in [7, 11) is 1.27. The quantitative estimate of drug-likeness (QED) is 0.494. The molecule has 1 aromatic rings. The molecule has 0 fully saturated rings. The summed E-state index contributed by atoms with van der Waals surface area (Å²) in [5.74, 6) is -0.627. The van der Waals surface area contributed by atoms with Crippen molar-refractivity contribution in [3.8, 4) is 6.07 Å². The summed E-state index contributed by atoms with van der Waals surface area (Å²) in [6.45, 7) is 2.11. The topological polar surface area (TPSA) is 62.1 Å². The third kappa shape index (κ3) is 4.04. The lowest BCUT2D eigenvalue weighted by Crippen LogP contribution is -2.10. The number of anilines is 1. The van der Waals surface area contributed by atoms with Gasteiger partial charge in [-0.25, -0.2) is 4.79 Å². The molecule has 0 heterocycles. The molecule has 0 radical (unpaired) electrons. The van der Waals surface area contributed by atoms with Gasteiger partial charge in [-0.2, -0.15) is 5.26 Å². The zero-order valence-corrected chi connectivity index (χ0v) is 12.7. The standard InChI is InChI=1S/C15H18N2O2S/c1-4-7-11-8-5-6-9-13(11)17-14(20-3)12(10-16)15(18)19-2/h5-6,8-9,17H,4,7H2,1-3H3/b14-12+. The number of nitriles is 1. The van der Waals surface area contributed by atoms with Gasteiger partial charge >= 0.3 is 5.97 Å². The summed E-state index contributed by atoms with van der Waals surface area (Å²) >= 11 is 1.31. The molecular formula is C15H18N2O2S. The highest BCUT2D eigenvalue weighted by molar-refractivity contribution is 8.02. The van der Waals surface area contributed by atoms with E-state index in [2.05, 4.69) is 17.0 Å². The van der Waals surface area contributed by atoms with Crippen LogP contribution in [0.4, 0.5) is 5.69 Å². The number of carbonyl (C=O) groups excluding carboxylic acids is 1. The third-order valence-corrected chi connectivity index (χ3v) is 3.43. The summed E-state index contributed by atoms with van der Waals surface area (Å²) in [6.07, 6.45) is 3.77. The number of carbonyl (C=O) groups is 1. The average Bonchev–Trinajstić information content (AvgIpc) is 2.48. The van der Waals surface area contributed by atoms with Gasteiger partial charge in [0.15, 0.2) is 5.57 Å². The Morgan fingerprint density at radius 3 is 2.70 bits per heavy atom. The maximum atomic E-state index is 11.6. The first-order chi connectivity index (χ1) is 9.67. The number of methoxy groups -OCH3 is 1. The number of hydrogen-bond donors (Lipinski definition) is 1. The molecular weight excluding hydrogens is 272 g/mol. The Morgan fingerprint density at radius 1 is 1.45 bits per heavy atom. The van der Waals surface area contributed by atoms with Crippen LogP contribution in [0.2, 0.25) is 0 Å². The number of nitrogens with zero attached hydrogens (tertiary/aromatic N) is 1. The SMILES string of the molecule is CCCc1ccccc1N/C(SC)=C(/C#N)C(=O)OC. The van der Waals surface area contributed by atoms with E-state index in [-0.39, 0.29) is 5.57 Å². The van der Waals surface area contributed by atoms with Crippen LogP contribution in [0.5, 0.6) is 0 Å². The number of aryl methyl sites for hydroxylation is 1. The van der Waals surface area contributed by atoms with Gasteiger partial charge in [0.2, 0.25) is 0 Å². The number of rotatable bonds is 6. The van der Waals surface area contributed by atoms with Gasteiger partial charge in [-0.1, -0.05) is 31.5 Å². The molecule has 0 aliphatic heterocycles. The van der Waals surface area contributed by atoms with E-state index < -0.39 is 5.97 Å². The fourth-order valence-electron chi connectivity index (χ4n) is 1.76. The van der Waals surface area contributed by atoms with E-state index in [0.717, 1.165) is 24.1 Å². The smallest absolute Gasteiger partial charge is 0.351 e. The Morgan fingerprint density at radius 2 is 2.15 bits per heavy atom. The van der Waals surface area contributed by atoms with E-state index in [1.165, 1.54) is 18.9 Å². The lowest BCUT2D eigenvalue weighted by Gasteiger charge is -2.14. The molecule has 0 aliphatic rings. The van der Waals surface area contributed by atoms with Gasteiger partial charge in [-0.05, 0) is 24.3 Å². The van der Waals surface area contributed by atoms with Crippen molar-refractivity contribution in [2.24, 2.45) is 0 Å². The Labute approximate surface area is 123 Å². The molecule has 5 heteroatoms. The maximum absolute atomic E-state index is 11.6. The second kappa shape index (κ2) is 8.28. The highest BCUT2D eigenvalue weighted by atomic mass is 32.2. The summed E-state index contributed by atoms with van der Waals surface area (Å²) in [6, 6.07) is 9.77. The minimum atomic E-state index is -0.627. The van der Waals surface area contributed by atoms with Crippen molar-refractivity contribution in [2.45, 2.75) is 19.8 Å². The molecule has 0 saturated carbocycles. The van der Waals surface area contributed by atoms with Crippen LogP contribution in [-0.2, 0) is 16.0 Å². The molecule has 1 rings (SSSR count). The molecule has 0 atom stereocenters. The van der Waals surface area contributed by atoms with Crippen molar-refractivity contribution in [3.63, 3.8) is 0 Å². The molecule has 0 aliphatic carbocycles. The van der Waals surface area contributed by atoms with Crippen LogP contribution in [-0.4, -0.2) is 19.3 Å². The summed E-state index contributed by atoms with van der Waals surface area (Å²) in [5.41, 5.74) is 2.06. The minimum Gasteiger partial charge on any atom is -0.465 e. The molecule has 0 unspecified atom stereocenters. The third-order valence-electron chi connectivity index (χ3n) is 2.72. The van der Waals surface area contributed by atoms with Gasteiger partial charge in [0, 0.05) is 5.69 Å². The van der Waals surface area contributed by atoms with Crippen LogP contribution < -0.4 is 5.32 Å². The van der Waals surface area contributed by atoms with E-state index in [1.807, 2.05) is 36.6 Å². The maximum Gasteiger partial charge on any atom is 0.351 e. The molecule has 4 nitrogen and oxygen atoms in total. The van der Waals surface area contributed by atoms with Crippen LogP contribution in [0.1, 0.15) is 18.9 Å². The Hall–Kier alpha value is -1.93. The second-order valence-corrected chi connectivity index (χ2v) is 4.86. The molecule has 106 valence electrons. The second-order valence-electron chi connectivity index (χ2n) is 4.04. The van der Waals surface area contributed by atoms with E-state index in [0.29, 0.717) is 5.03 Å². The van der Waals surface area contributed by atoms with Gasteiger partial charge in [0.25, 0.3) is 0 Å². The fraction of sp³-hybridized carbons (Fsp3) is 0.333. The monoisotopic (exact) mass is 290 g/mol. The van der Waals surface area contributed by atoms with Gasteiger partial charge in [0.05, 0.1) is 12.1 Å². The van der Waals surface area contributed by atoms with E-state index in [1.54, 1.807) is 0 Å². The molecule has 0 aromatic heterocycles. The lowest BCUT2D eigenvalue weighted by atomic mass is 10.1. The van der Waals surface area contributed by atoms with Crippen LogP contribution >= 0.6 is 11.8 Å². The molecule has 0 amide bonds. The van der Waals surface area contributed by atoms with Crippen molar-refractivity contribution in [2.75, 3.05) is 18.7 Å². The number of ether oxygens (including phenoxy) is 1. The van der Waals surface area contributed by atoms with Crippen molar-refractivity contribution in [1.29, 1.82) is 5.26 Å². The van der Waals surface area contributed by atoms with Gasteiger partial charge in [0.1, 0.15) is 6.07 Å². The number of hydrogen-bond acceptors (Lipinski definition) is 5. The number of esters is 1. The normalized spacial score (nSPS) is 11.3. The Kier molecular flexibility index (Phi) is 6.68. The predicted octanol–water partition coefficient (Wildman–Crippen LogP) is 3.32. The van der Waals surface area contributed by atoms with Crippen molar-refractivity contribution >= 4 is 23.4 Å². The molecule has 1 N–H and O–H groups in total. The highest BCUT2D eigenvalue weighted by Gasteiger charge is 2.16. The van der Waals surface area contributed by atoms with E-state index in [4.69, 9.17) is 5.26 Å². The fourth-order valence-corrected chi connectivity index (χ4v) is 2.30. The summed E-state index contributed by atoms with van der Waals surface area (Å²) in [4.78, 5) is 11.6. The Balaban J connectivity index is 3.14. The first-order valence-corrected chi connectivity index (χ1v) is 7.52. The zero-order chi connectivity index (χ0) is 15.0. The molecule has 0 bridgehead atoms. The van der Waals surface area contributed by atoms with Crippen LogP contribution in [0.3, 0.4) is 0 Å². The summed E-state index contributed by atoms with van der Waals surface area (Å²) in [5, 5.41) is 12.8. The van der Waals surface area contributed by atoms with Crippen LogP contribution in [0.25, 0.3) is 0 Å². The van der Waals surface area contributed by atoms with Crippen molar-refractivity contribution < 1.29 is 9.53 Å². The largest absolute Gasteiger partial charge is 0.465 e. The summed E-state index contributed by atoms with van der Waals surface area (Å²) < 4.78 is 4.63. The van der Waals surface area contributed by atoms with Gasteiger partial charge < -0.3 is 10.1 Å². The average molecular weight is 290 g/mol. The number of benzene rings is 1. The predicted molar refractivity (Wildman–Crippen MR) is 82.2 cm³/mol. The number of thioether (sulfide) groups is 1. The van der Waals surface area contributed by atoms with Crippen molar-refractivity contribution in [1.82, 2.24) is 0 Å². The number of nitrogens with one attached hydrogen (secondary N) is 1. The van der Waals surface area contributed by atoms with Crippen molar-refractivity contribution in [3.05, 3.63) is 40.4 Å². The van der Waals surface area contributed by atoms with Crippen LogP contribution in [0, 0.1) is 11.3 Å². The molecule has 1 aromatic carbocycles. The molecule has 0 spiro atoms. The van der Waals surface area contributed by atoms with Gasteiger partial charge in [-0.15, -0.1) is 11.8 Å². The van der Waals surface area contributed by atoms with Gasteiger partial charge in [-0.3, -0.25) is 0 Å². The molecule has 0 saturated heterocycles. The minimum absolute atomic E-state index is 0.00805. The Bertz CT molecular complexity index is 547. The van der Waals surface area contributed by atoms with E-state index >= 15 is 0 Å². The molecule has 20 heavy (non-hydrogen) atoms. The first-order valence-electron chi connectivity index (χ1n) is 6.29. The zero-order valence-electron chi connectivity index (χ0n) is 11.9. The lowest BCUT2D eigenvalue weighted by molar-refractivity contribution is -0.135. The number of para-hydroxylation sites is 1. The van der Waals surface area contributed by atoms with Crippen LogP contribution in [0.15, 0.2) is 34.9 Å². The first kappa shape index (κ1) is 16.1.